The van der Waals surface area contributed by atoms with Crippen LogP contribution in [0.1, 0.15) is 25.8 Å². The van der Waals surface area contributed by atoms with Gasteiger partial charge in [-0.15, -0.1) is 0 Å². The van der Waals surface area contributed by atoms with Crippen LogP contribution in [0.3, 0.4) is 0 Å². The molecule has 0 aliphatic carbocycles. The Bertz CT molecular complexity index is 352. The van der Waals surface area contributed by atoms with E-state index in [2.05, 4.69) is 5.16 Å². The lowest BCUT2D eigenvalue weighted by atomic mass is 10.2. The van der Waals surface area contributed by atoms with E-state index in [4.69, 9.17) is 16.4 Å². The lowest BCUT2D eigenvalue weighted by Gasteiger charge is -2.05. The topological polar surface area (TPSA) is 41.8 Å². The van der Waals surface area contributed by atoms with E-state index < -0.39 is 0 Å². The second-order valence-corrected chi connectivity index (χ2v) is 3.70. The Labute approximate surface area is 94.3 Å². The minimum Gasteiger partial charge on any atom is -0.507 e. The smallest absolute Gasteiger partial charge is 0.124 e. The predicted molar refractivity (Wildman–Crippen MR) is 61.5 cm³/mol. The van der Waals surface area contributed by atoms with Gasteiger partial charge < -0.3 is 9.94 Å². The summed E-state index contributed by atoms with van der Waals surface area (Å²) in [6, 6.07) is 4.76. The molecule has 1 aromatic carbocycles. The Morgan fingerprint density at radius 2 is 2.33 bits per heavy atom. The number of nitrogens with zero attached hydrogens (tertiary/aromatic N) is 1. The monoisotopic (exact) mass is 227 g/mol. The highest BCUT2D eigenvalue weighted by Gasteiger charge is 2.00. The van der Waals surface area contributed by atoms with Crippen LogP contribution in [0, 0.1) is 0 Å². The molecule has 0 heterocycles. The van der Waals surface area contributed by atoms with Crippen LogP contribution < -0.4 is 0 Å². The van der Waals surface area contributed by atoms with Gasteiger partial charge in [-0.05, 0) is 31.5 Å². The van der Waals surface area contributed by atoms with Gasteiger partial charge >= 0.3 is 0 Å². The van der Waals surface area contributed by atoms with Crippen molar-refractivity contribution in [1.29, 1.82) is 0 Å². The van der Waals surface area contributed by atoms with E-state index in [9.17, 15) is 5.11 Å². The van der Waals surface area contributed by atoms with Crippen LogP contribution in [0.25, 0.3) is 0 Å². The quantitative estimate of drug-likeness (QED) is 0.634. The zero-order chi connectivity index (χ0) is 11.3. The Morgan fingerprint density at radius 3 is 3.00 bits per heavy atom. The molecule has 1 rings (SSSR count). The molecule has 0 bridgehead atoms. The number of oxime groups is 1. The number of phenols is 1. The minimum absolute atomic E-state index is 0.0718. The summed E-state index contributed by atoms with van der Waals surface area (Å²) in [6.45, 7) is 3.94. The van der Waals surface area contributed by atoms with Crippen LogP contribution in [0.5, 0.6) is 5.75 Å². The van der Waals surface area contributed by atoms with Gasteiger partial charge in [-0.1, -0.05) is 23.7 Å². The van der Waals surface area contributed by atoms with Crippen molar-refractivity contribution in [2.75, 3.05) is 0 Å². The van der Waals surface area contributed by atoms with Gasteiger partial charge in [0, 0.05) is 10.6 Å². The standard InChI is InChI=1S/C11H14ClNO2/c1-3-8(2)15-13-7-9-6-10(12)4-5-11(9)14/h4-8,14H,3H2,1-2H3/b13-7+. The SMILES string of the molecule is CCC(C)O/N=C/c1cc(Cl)ccc1O. The minimum atomic E-state index is 0.0718. The lowest BCUT2D eigenvalue weighted by Crippen LogP contribution is -2.01. The summed E-state index contributed by atoms with van der Waals surface area (Å²) >= 11 is 5.77. The van der Waals surface area contributed by atoms with E-state index in [-0.39, 0.29) is 11.9 Å². The fourth-order valence-electron chi connectivity index (χ4n) is 0.894. The number of aromatic hydroxyl groups is 1. The Balaban J connectivity index is 2.67. The molecule has 4 heteroatoms. The molecule has 0 saturated carbocycles. The first-order valence-electron chi connectivity index (χ1n) is 4.81. The molecule has 0 spiro atoms. The zero-order valence-corrected chi connectivity index (χ0v) is 9.53. The Hall–Kier alpha value is -1.22. The van der Waals surface area contributed by atoms with E-state index in [1.165, 1.54) is 12.3 Å². The maximum Gasteiger partial charge on any atom is 0.124 e. The number of hydrogen-bond acceptors (Lipinski definition) is 3. The van der Waals surface area contributed by atoms with Crippen molar-refractivity contribution in [3.05, 3.63) is 28.8 Å². The van der Waals surface area contributed by atoms with Crippen LogP contribution in [0.15, 0.2) is 23.4 Å². The summed E-state index contributed by atoms with van der Waals surface area (Å²) in [5.74, 6) is 0.135. The van der Waals surface area contributed by atoms with Gasteiger partial charge in [-0.2, -0.15) is 0 Å². The highest BCUT2D eigenvalue weighted by atomic mass is 35.5. The Morgan fingerprint density at radius 1 is 1.60 bits per heavy atom. The molecule has 0 amide bonds. The molecule has 3 nitrogen and oxygen atoms in total. The predicted octanol–water partition coefficient (Wildman–Crippen LogP) is 3.19. The largest absolute Gasteiger partial charge is 0.507 e. The zero-order valence-electron chi connectivity index (χ0n) is 8.77. The molecule has 1 atom stereocenters. The van der Waals surface area contributed by atoms with Gasteiger partial charge in [0.2, 0.25) is 0 Å². The third-order valence-corrected chi connectivity index (χ3v) is 2.23. The molecule has 0 radical (unpaired) electrons. The van der Waals surface area contributed by atoms with E-state index in [0.29, 0.717) is 10.6 Å². The molecular formula is C11H14ClNO2. The number of rotatable bonds is 4. The van der Waals surface area contributed by atoms with Crippen LogP contribution in [-0.4, -0.2) is 17.4 Å². The third kappa shape index (κ3) is 3.80. The van der Waals surface area contributed by atoms with Crippen molar-refractivity contribution in [3.8, 4) is 5.75 Å². The van der Waals surface area contributed by atoms with Crippen molar-refractivity contribution in [1.82, 2.24) is 0 Å². The molecular weight excluding hydrogens is 214 g/mol. The molecule has 82 valence electrons. The van der Waals surface area contributed by atoms with Crippen LogP contribution >= 0.6 is 11.6 Å². The number of phenolic OH excluding ortho intramolecular Hbond substituents is 1. The molecule has 0 saturated heterocycles. The first-order chi connectivity index (χ1) is 7.13. The van der Waals surface area contributed by atoms with Crippen molar-refractivity contribution >= 4 is 17.8 Å². The van der Waals surface area contributed by atoms with Gasteiger partial charge in [0.1, 0.15) is 11.9 Å². The molecule has 0 aliphatic heterocycles. The second-order valence-electron chi connectivity index (χ2n) is 3.26. The lowest BCUT2D eigenvalue weighted by molar-refractivity contribution is 0.0712. The van der Waals surface area contributed by atoms with Crippen LogP contribution in [-0.2, 0) is 4.84 Å². The summed E-state index contributed by atoms with van der Waals surface area (Å²) in [5.41, 5.74) is 0.547. The third-order valence-electron chi connectivity index (χ3n) is 2.00. The molecule has 15 heavy (non-hydrogen) atoms. The van der Waals surface area contributed by atoms with E-state index in [1.807, 2.05) is 13.8 Å². The van der Waals surface area contributed by atoms with Crippen molar-refractivity contribution in [2.24, 2.45) is 5.16 Å². The van der Waals surface area contributed by atoms with E-state index in [1.54, 1.807) is 12.1 Å². The summed E-state index contributed by atoms with van der Waals surface area (Å²) in [5, 5.41) is 13.8. The maximum atomic E-state index is 9.45. The summed E-state index contributed by atoms with van der Waals surface area (Å²) in [7, 11) is 0. The average molecular weight is 228 g/mol. The average Bonchev–Trinajstić information content (AvgIpc) is 2.23. The van der Waals surface area contributed by atoms with Crippen LogP contribution in [0.2, 0.25) is 5.02 Å². The molecule has 1 N–H and O–H groups in total. The Kier molecular flexibility index (Phi) is 4.43. The van der Waals surface area contributed by atoms with Gasteiger partial charge in [0.15, 0.2) is 0 Å². The number of hydrogen-bond donors (Lipinski definition) is 1. The second kappa shape index (κ2) is 5.61. The van der Waals surface area contributed by atoms with E-state index >= 15 is 0 Å². The molecule has 0 aromatic heterocycles. The molecule has 1 aromatic rings. The van der Waals surface area contributed by atoms with Gasteiger partial charge in [0.05, 0.1) is 6.21 Å². The molecule has 1 unspecified atom stereocenters. The summed E-state index contributed by atoms with van der Waals surface area (Å²) in [4.78, 5) is 5.11. The number of halogens is 1. The first-order valence-corrected chi connectivity index (χ1v) is 5.19. The van der Waals surface area contributed by atoms with Crippen molar-refractivity contribution in [3.63, 3.8) is 0 Å². The normalized spacial score (nSPS) is 13.0. The van der Waals surface area contributed by atoms with Crippen LogP contribution in [0.4, 0.5) is 0 Å². The maximum absolute atomic E-state index is 9.45. The van der Waals surface area contributed by atoms with Crippen molar-refractivity contribution in [2.45, 2.75) is 26.4 Å². The highest BCUT2D eigenvalue weighted by Crippen LogP contribution is 2.19. The fourth-order valence-corrected chi connectivity index (χ4v) is 1.07. The first kappa shape index (κ1) is 11.9. The van der Waals surface area contributed by atoms with Gasteiger partial charge in [-0.25, -0.2) is 0 Å². The van der Waals surface area contributed by atoms with Gasteiger partial charge in [-0.3, -0.25) is 0 Å². The van der Waals surface area contributed by atoms with E-state index in [0.717, 1.165) is 6.42 Å². The number of benzene rings is 1. The summed E-state index contributed by atoms with van der Waals surface area (Å²) < 4.78 is 0. The molecule has 0 fully saturated rings. The summed E-state index contributed by atoms with van der Waals surface area (Å²) in [6.07, 6.45) is 2.41. The van der Waals surface area contributed by atoms with Gasteiger partial charge in [0.25, 0.3) is 0 Å². The fraction of sp³-hybridized carbons (Fsp3) is 0.364. The molecule has 0 aliphatic rings. The van der Waals surface area contributed by atoms with Crippen molar-refractivity contribution < 1.29 is 9.94 Å². The highest BCUT2D eigenvalue weighted by molar-refractivity contribution is 6.30.